The zero-order chi connectivity index (χ0) is 20.4. The Kier molecular flexibility index (Phi) is 5.27. The van der Waals surface area contributed by atoms with Crippen LogP contribution in [0.25, 0.3) is 32.7 Å². The molecule has 4 aromatic rings. The number of esters is 1. The minimum absolute atomic E-state index is 0.0639. The Bertz CT molecular complexity index is 1240. The van der Waals surface area contributed by atoms with Crippen molar-refractivity contribution in [1.82, 2.24) is 9.55 Å². The van der Waals surface area contributed by atoms with Crippen LogP contribution in [0.5, 0.6) is 0 Å². The molecule has 6 heteroatoms. The van der Waals surface area contributed by atoms with Gasteiger partial charge < -0.3 is 9.30 Å². The standard InChI is InChI=1S/C23H20N2O3S/c1-3-25-13-18(23(27)28-4-2)21(26)17-11-10-16(12-20(17)25)19-14-29-22(24-19)15-8-6-5-7-9-15/h5-14H,3-4H2,1-2H3. The molecule has 2 aromatic carbocycles. The number of aryl methyl sites for hydroxylation is 1. The Morgan fingerprint density at radius 2 is 1.90 bits per heavy atom. The molecule has 0 atom stereocenters. The summed E-state index contributed by atoms with van der Waals surface area (Å²) in [5.74, 6) is -0.585. The first kappa shape index (κ1) is 19.1. The van der Waals surface area contributed by atoms with Gasteiger partial charge in [0.05, 0.1) is 17.8 Å². The Morgan fingerprint density at radius 1 is 1.10 bits per heavy atom. The number of ether oxygens (including phenoxy) is 1. The first-order valence-electron chi connectivity index (χ1n) is 9.48. The Hall–Kier alpha value is -3.25. The van der Waals surface area contributed by atoms with E-state index < -0.39 is 5.97 Å². The highest BCUT2D eigenvalue weighted by Crippen LogP contribution is 2.30. The summed E-state index contributed by atoms with van der Waals surface area (Å²) >= 11 is 1.59. The second kappa shape index (κ2) is 8.01. The third-order valence-electron chi connectivity index (χ3n) is 4.74. The van der Waals surface area contributed by atoms with Crippen molar-refractivity contribution in [1.29, 1.82) is 0 Å². The quantitative estimate of drug-likeness (QED) is 0.440. The van der Waals surface area contributed by atoms with E-state index in [0.29, 0.717) is 11.9 Å². The molecule has 29 heavy (non-hydrogen) atoms. The van der Waals surface area contributed by atoms with Crippen molar-refractivity contribution in [3.63, 3.8) is 0 Å². The van der Waals surface area contributed by atoms with Crippen LogP contribution in [0.15, 0.2) is 64.9 Å². The first-order chi connectivity index (χ1) is 14.1. The first-order valence-corrected chi connectivity index (χ1v) is 10.4. The number of pyridine rings is 1. The average molecular weight is 404 g/mol. The summed E-state index contributed by atoms with van der Waals surface area (Å²) in [6, 6.07) is 15.6. The predicted molar refractivity (Wildman–Crippen MR) is 116 cm³/mol. The highest BCUT2D eigenvalue weighted by Gasteiger charge is 2.17. The van der Waals surface area contributed by atoms with Crippen LogP contribution in [0.1, 0.15) is 24.2 Å². The van der Waals surface area contributed by atoms with Crippen LogP contribution >= 0.6 is 11.3 Å². The van der Waals surface area contributed by atoms with Crippen LogP contribution in [0.2, 0.25) is 0 Å². The van der Waals surface area contributed by atoms with Crippen LogP contribution in [0.4, 0.5) is 0 Å². The Labute approximate surface area is 172 Å². The molecule has 0 radical (unpaired) electrons. The Balaban J connectivity index is 1.81. The van der Waals surface area contributed by atoms with Crippen molar-refractivity contribution in [3.8, 4) is 21.8 Å². The van der Waals surface area contributed by atoms with E-state index in [4.69, 9.17) is 9.72 Å². The molecule has 0 bridgehead atoms. The van der Waals surface area contributed by atoms with Gasteiger partial charge in [0.25, 0.3) is 0 Å². The summed E-state index contributed by atoms with van der Waals surface area (Å²) in [7, 11) is 0. The highest BCUT2D eigenvalue weighted by atomic mass is 32.1. The van der Waals surface area contributed by atoms with Crippen molar-refractivity contribution < 1.29 is 9.53 Å². The van der Waals surface area contributed by atoms with Gasteiger partial charge in [0, 0.05) is 34.6 Å². The van der Waals surface area contributed by atoms with Gasteiger partial charge >= 0.3 is 5.97 Å². The summed E-state index contributed by atoms with van der Waals surface area (Å²) in [4.78, 5) is 29.7. The second-order valence-corrected chi connectivity index (χ2v) is 7.37. The van der Waals surface area contributed by atoms with Crippen molar-refractivity contribution in [2.24, 2.45) is 0 Å². The highest BCUT2D eigenvalue weighted by molar-refractivity contribution is 7.13. The molecule has 0 aliphatic heterocycles. The van der Waals surface area contributed by atoms with E-state index in [1.807, 2.05) is 59.3 Å². The van der Waals surface area contributed by atoms with Crippen molar-refractivity contribution in [3.05, 3.63) is 75.9 Å². The molecule has 5 nitrogen and oxygen atoms in total. The van der Waals surface area contributed by atoms with E-state index in [0.717, 1.165) is 27.3 Å². The molecular weight excluding hydrogens is 384 g/mol. The average Bonchev–Trinajstić information content (AvgIpc) is 3.25. The normalized spacial score (nSPS) is 11.0. The molecular formula is C23H20N2O3S. The van der Waals surface area contributed by atoms with Crippen molar-refractivity contribution in [2.45, 2.75) is 20.4 Å². The molecule has 0 aliphatic carbocycles. The SMILES string of the molecule is CCOC(=O)c1cn(CC)c2cc(-c3csc(-c4ccccc4)n3)ccc2c1=O. The summed E-state index contributed by atoms with van der Waals surface area (Å²) in [6.45, 7) is 4.55. The van der Waals surface area contributed by atoms with Gasteiger partial charge in [0.1, 0.15) is 10.6 Å². The molecule has 0 fully saturated rings. The molecule has 146 valence electrons. The van der Waals surface area contributed by atoms with Crippen molar-refractivity contribution >= 4 is 28.2 Å². The van der Waals surface area contributed by atoms with Gasteiger partial charge in [-0.15, -0.1) is 11.3 Å². The van der Waals surface area contributed by atoms with E-state index in [1.165, 1.54) is 0 Å². The summed E-state index contributed by atoms with van der Waals surface area (Å²) in [5, 5.41) is 3.47. The summed E-state index contributed by atoms with van der Waals surface area (Å²) < 4.78 is 6.93. The summed E-state index contributed by atoms with van der Waals surface area (Å²) in [6.07, 6.45) is 1.59. The molecule has 2 heterocycles. The number of carbonyl (C=O) groups is 1. The van der Waals surface area contributed by atoms with Crippen LogP contribution in [-0.2, 0) is 11.3 Å². The fourth-order valence-corrected chi connectivity index (χ4v) is 4.12. The van der Waals surface area contributed by atoms with Gasteiger partial charge in [0.15, 0.2) is 0 Å². The van der Waals surface area contributed by atoms with E-state index in [9.17, 15) is 9.59 Å². The van der Waals surface area contributed by atoms with Gasteiger partial charge in [-0.1, -0.05) is 36.4 Å². The van der Waals surface area contributed by atoms with Crippen molar-refractivity contribution in [2.75, 3.05) is 6.61 Å². The number of nitrogens with zero attached hydrogens (tertiary/aromatic N) is 2. The number of hydrogen-bond donors (Lipinski definition) is 0. The fraction of sp³-hybridized carbons (Fsp3) is 0.174. The minimum atomic E-state index is -0.585. The fourth-order valence-electron chi connectivity index (χ4n) is 3.29. The maximum Gasteiger partial charge on any atom is 0.343 e. The molecule has 2 aromatic heterocycles. The third kappa shape index (κ3) is 3.59. The molecule has 0 spiro atoms. The number of benzene rings is 2. The zero-order valence-corrected chi connectivity index (χ0v) is 17.0. The third-order valence-corrected chi connectivity index (χ3v) is 5.63. The molecule has 0 amide bonds. The monoisotopic (exact) mass is 404 g/mol. The lowest BCUT2D eigenvalue weighted by atomic mass is 10.1. The van der Waals surface area contributed by atoms with Gasteiger partial charge in [-0.2, -0.15) is 0 Å². The lowest BCUT2D eigenvalue weighted by Gasteiger charge is -2.12. The molecule has 4 rings (SSSR count). The van der Waals surface area contributed by atoms with Gasteiger partial charge in [-0.05, 0) is 26.0 Å². The van der Waals surface area contributed by atoms with E-state index >= 15 is 0 Å². The maximum absolute atomic E-state index is 12.8. The number of hydrogen-bond acceptors (Lipinski definition) is 5. The van der Waals surface area contributed by atoms with Gasteiger partial charge in [0.2, 0.25) is 5.43 Å². The summed E-state index contributed by atoms with van der Waals surface area (Å²) in [5.41, 5.74) is 3.40. The van der Waals surface area contributed by atoms with Crippen LogP contribution in [0, 0.1) is 0 Å². The smallest absolute Gasteiger partial charge is 0.343 e. The predicted octanol–water partition coefficient (Wildman–Crippen LogP) is 4.99. The number of carbonyl (C=O) groups excluding carboxylic acids is 1. The van der Waals surface area contributed by atoms with E-state index in [1.54, 1.807) is 30.5 Å². The van der Waals surface area contributed by atoms with Crippen LogP contribution < -0.4 is 5.43 Å². The Morgan fingerprint density at radius 3 is 2.62 bits per heavy atom. The lowest BCUT2D eigenvalue weighted by Crippen LogP contribution is -2.20. The van der Waals surface area contributed by atoms with Gasteiger partial charge in [-0.3, -0.25) is 4.79 Å². The largest absolute Gasteiger partial charge is 0.462 e. The maximum atomic E-state index is 12.8. The van der Waals surface area contributed by atoms with Crippen LogP contribution in [0.3, 0.4) is 0 Å². The van der Waals surface area contributed by atoms with E-state index in [2.05, 4.69) is 0 Å². The lowest BCUT2D eigenvalue weighted by molar-refractivity contribution is 0.0524. The molecule has 0 aliphatic rings. The van der Waals surface area contributed by atoms with Crippen LogP contribution in [-0.4, -0.2) is 22.1 Å². The number of aromatic nitrogens is 2. The topological polar surface area (TPSA) is 61.2 Å². The molecule has 0 saturated carbocycles. The number of rotatable bonds is 5. The second-order valence-electron chi connectivity index (χ2n) is 6.51. The number of fused-ring (bicyclic) bond motifs is 1. The molecule has 0 saturated heterocycles. The van der Waals surface area contributed by atoms with Gasteiger partial charge in [-0.25, -0.2) is 9.78 Å². The molecule has 0 N–H and O–H groups in total. The zero-order valence-electron chi connectivity index (χ0n) is 16.2. The number of thiazole rings is 1. The minimum Gasteiger partial charge on any atom is -0.462 e. The van der Waals surface area contributed by atoms with E-state index in [-0.39, 0.29) is 17.6 Å². The molecule has 0 unspecified atom stereocenters.